The van der Waals surface area contributed by atoms with Gasteiger partial charge in [-0.05, 0) is 61.7 Å². The van der Waals surface area contributed by atoms with E-state index in [0.29, 0.717) is 12.1 Å². The number of hydrogen-bond acceptors (Lipinski definition) is 4. The number of nitrogens with zero attached hydrogens (tertiary/aromatic N) is 1. The number of methoxy groups -OCH3 is 1. The third-order valence-electron chi connectivity index (χ3n) is 5.17. The molecule has 1 N–H and O–H groups in total. The molecule has 148 valence electrons. The molecule has 1 amide bonds. The van der Waals surface area contributed by atoms with Crippen molar-refractivity contribution in [1.82, 2.24) is 4.90 Å². The molecule has 1 heterocycles. The van der Waals surface area contributed by atoms with Crippen molar-refractivity contribution < 1.29 is 18.7 Å². The van der Waals surface area contributed by atoms with Crippen LogP contribution in [0.15, 0.2) is 54.6 Å². The second-order valence-corrected chi connectivity index (χ2v) is 7.07. The molecule has 0 radical (unpaired) electrons. The summed E-state index contributed by atoms with van der Waals surface area (Å²) in [6.07, 6.45) is 2.09. The first-order chi connectivity index (χ1) is 13.6. The lowest BCUT2D eigenvalue weighted by molar-refractivity contribution is -0.142. The zero-order chi connectivity index (χ0) is 19.9. The van der Waals surface area contributed by atoms with Gasteiger partial charge in [0.1, 0.15) is 11.9 Å². The first-order valence-corrected chi connectivity index (χ1v) is 9.49. The monoisotopic (exact) mass is 384 g/mol. The van der Waals surface area contributed by atoms with Gasteiger partial charge in [-0.1, -0.05) is 30.3 Å². The predicted molar refractivity (Wildman–Crippen MR) is 105 cm³/mol. The number of amides is 1. The Morgan fingerprint density at radius 3 is 2.36 bits per heavy atom. The smallest absolute Gasteiger partial charge is 0.305 e. The molecule has 6 heteroatoms. The molecular weight excluding hydrogens is 359 g/mol. The summed E-state index contributed by atoms with van der Waals surface area (Å²) in [7, 11) is 1.41. The Labute approximate surface area is 164 Å². The molecule has 2 aromatic rings. The van der Waals surface area contributed by atoms with E-state index in [1.807, 2.05) is 30.3 Å². The van der Waals surface area contributed by atoms with Crippen molar-refractivity contribution >= 4 is 17.6 Å². The average Bonchev–Trinajstić information content (AvgIpc) is 2.72. The van der Waals surface area contributed by atoms with Gasteiger partial charge in [-0.25, -0.2) is 4.39 Å². The SMILES string of the molecule is COC(=O)CC1CCN([C@H](C(=O)Nc2ccc(F)cc2)c2ccccc2)CC1. The largest absolute Gasteiger partial charge is 0.469 e. The molecule has 3 rings (SSSR count). The Balaban J connectivity index is 1.72. The van der Waals surface area contributed by atoms with E-state index in [9.17, 15) is 14.0 Å². The molecule has 5 nitrogen and oxygen atoms in total. The molecule has 1 aliphatic rings. The van der Waals surface area contributed by atoms with Gasteiger partial charge in [0.15, 0.2) is 0 Å². The van der Waals surface area contributed by atoms with E-state index in [1.165, 1.54) is 19.2 Å². The predicted octanol–water partition coefficient (Wildman–Crippen LogP) is 3.78. The van der Waals surface area contributed by atoms with Gasteiger partial charge in [0.25, 0.3) is 0 Å². The van der Waals surface area contributed by atoms with E-state index in [1.54, 1.807) is 12.1 Å². The van der Waals surface area contributed by atoms with Gasteiger partial charge in [0.2, 0.25) is 5.91 Å². The van der Waals surface area contributed by atoms with Crippen LogP contribution in [0.25, 0.3) is 0 Å². The average molecular weight is 384 g/mol. The van der Waals surface area contributed by atoms with Crippen LogP contribution in [0.4, 0.5) is 10.1 Å². The zero-order valence-electron chi connectivity index (χ0n) is 15.9. The van der Waals surface area contributed by atoms with Crippen molar-refractivity contribution in [2.75, 3.05) is 25.5 Å². The van der Waals surface area contributed by atoms with Crippen LogP contribution in [0.2, 0.25) is 0 Å². The van der Waals surface area contributed by atoms with Crippen LogP contribution in [0.3, 0.4) is 0 Å². The van der Waals surface area contributed by atoms with Gasteiger partial charge in [0.05, 0.1) is 7.11 Å². The topological polar surface area (TPSA) is 58.6 Å². The Kier molecular flexibility index (Phi) is 6.76. The van der Waals surface area contributed by atoms with E-state index >= 15 is 0 Å². The lowest BCUT2D eigenvalue weighted by atomic mass is 9.91. The Morgan fingerprint density at radius 1 is 1.11 bits per heavy atom. The molecular formula is C22H25FN2O3. The minimum absolute atomic E-state index is 0.149. The van der Waals surface area contributed by atoms with E-state index in [-0.39, 0.29) is 23.6 Å². The molecule has 0 saturated carbocycles. The molecule has 28 heavy (non-hydrogen) atoms. The van der Waals surface area contributed by atoms with Crippen LogP contribution in [0.1, 0.15) is 30.9 Å². The summed E-state index contributed by atoms with van der Waals surface area (Å²) in [6.45, 7) is 1.44. The van der Waals surface area contributed by atoms with E-state index in [4.69, 9.17) is 4.74 Å². The fraction of sp³-hybridized carbons (Fsp3) is 0.364. The minimum atomic E-state index is -0.440. The van der Waals surface area contributed by atoms with Crippen LogP contribution in [-0.4, -0.2) is 37.0 Å². The van der Waals surface area contributed by atoms with Gasteiger partial charge < -0.3 is 10.1 Å². The van der Waals surface area contributed by atoms with Crippen molar-refractivity contribution in [1.29, 1.82) is 0 Å². The molecule has 1 saturated heterocycles. The molecule has 1 fully saturated rings. The first kappa shape index (κ1) is 20.0. The number of benzene rings is 2. The van der Waals surface area contributed by atoms with Crippen molar-refractivity contribution in [3.8, 4) is 0 Å². The van der Waals surface area contributed by atoms with E-state index in [2.05, 4.69) is 10.2 Å². The number of carbonyl (C=O) groups excluding carboxylic acids is 2. The van der Waals surface area contributed by atoms with Crippen molar-refractivity contribution in [3.63, 3.8) is 0 Å². The maximum Gasteiger partial charge on any atom is 0.305 e. The summed E-state index contributed by atoms with van der Waals surface area (Å²) in [6, 6.07) is 14.9. The molecule has 0 spiro atoms. The normalized spacial score (nSPS) is 16.4. The lowest BCUT2D eigenvalue weighted by Gasteiger charge is -2.36. The zero-order valence-corrected chi connectivity index (χ0v) is 15.9. The maximum absolute atomic E-state index is 13.1. The van der Waals surface area contributed by atoms with E-state index in [0.717, 1.165) is 31.5 Å². The van der Waals surface area contributed by atoms with Crippen LogP contribution in [-0.2, 0) is 14.3 Å². The van der Waals surface area contributed by atoms with Crippen LogP contribution >= 0.6 is 0 Å². The fourth-order valence-electron chi connectivity index (χ4n) is 3.64. The van der Waals surface area contributed by atoms with Crippen LogP contribution < -0.4 is 5.32 Å². The summed E-state index contributed by atoms with van der Waals surface area (Å²) in [5, 5.41) is 2.90. The van der Waals surface area contributed by atoms with Crippen LogP contribution in [0.5, 0.6) is 0 Å². The highest BCUT2D eigenvalue weighted by molar-refractivity contribution is 5.95. The first-order valence-electron chi connectivity index (χ1n) is 9.49. The standard InChI is InChI=1S/C22H25FN2O3/c1-28-20(26)15-16-11-13-25(14-12-16)21(17-5-3-2-4-6-17)22(27)24-19-9-7-18(23)8-10-19/h2-10,16,21H,11-15H2,1H3,(H,24,27)/t21-/m0/s1. The molecule has 2 aromatic carbocycles. The molecule has 0 aromatic heterocycles. The number of esters is 1. The number of anilines is 1. The number of nitrogens with one attached hydrogen (secondary N) is 1. The van der Waals surface area contributed by atoms with Crippen molar-refractivity contribution in [2.45, 2.75) is 25.3 Å². The summed E-state index contributed by atoms with van der Waals surface area (Å²) < 4.78 is 17.9. The number of hydrogen-bond donors (Lipinski definition) is 1. The molecule has 0 aliphatic carbocycles. The summed E-state index contributed by atoms with van der Waals surface area (Å²) in [5.74, 6) is -0.401. The number of ether oxygens (including phenoxy) is 1. The number of rotatable bonds is 6. The van der Waals surface area contributed by atoms with Crippen molar-refractivity contribution in [2.24, 2.45) is 5.92 Å². The summed E-state index contributed by atoms with van der Waals surface area (Å²) in [5.41, 5.74) is 1.47. The lowest BCUT2D eigenvalue weighted by Crippen LogP contribution is -2.42. The second-order valence-electron chi connectivity index (χ2n) is 7.07. The number of halogens is 1. The second kappa shape index (κ2) is 9.46. The highest BCUT2D eigenvalue weighted by Crippen LogP contribution is 2.29. The number of piperidine rings is 1. The Hall–Kier alpha value is -2.73. The quantitative estimate of drug-likeness (QED) is 0.770. The highest BCUT2D eigenvalue weighted by Gasteiger charge is 2.31. The fourth-order valence-corrected chi connectivity index (χ4v) is 3.64. The third kappa shape index (κ3) is 5.16. The highest BCUT2D eigenvalue weighted by atomic mass is 19.1. The summed E-state index contributed by atoms with van der Waals surface area (Å²) >= 11 is 0. The third-order valence-corrected chi connectivity index (χ3v) is 5.17. The summed E-state index contributed by atoms with van der Waals surface area (Å²) in [4.78, 5) is 26.7. The number of likely N-dealkylation sites (tertiary alicyclic amines) is 1. The van der Waals surface area contributed by atoms with Gasteiger partial charge in [-0.2, -0.15) is 0 Å². The van der Waals surface area contributed by atoms with Crippen molar-refractivity contribution in [3.05, 3.63) is 66.0 Å². The van der Waals surface area contributed by atoms with Gasteiger partial charge >= 0.3 is 5.97 Å². The van der Waals surface area contributed by atoms with Gasteiger partial charge in [-0.15, -0.1) is 0 Å². The molecule has 1 aliphatic heterocycles. The number of carbonyl (C=O) groups is 2. The minimum Gasteiger partial charge on any atom is -0.469 e. The van der Waals surface area contributed by atoms with Gasteiger partial charge in [-0.3, -0.25) is 14.5 Å². The maximum atomic E-state index is 13.1. The van der Waals surface area contributed by atoms with Crippen LogP contribution in [0, 0.1) is 11.7 Å². The van der Waals surface area contributed by atoms with Gasteiger partial charge in [0, 0.05) is 12.1 Å². The Morgan fingerprint density at radius 2 is 1.75 bits per heavy atom. The molecule has 1 atom stereocenters. The Bertz CT molecular complexity index is 787. The molecule has 0 unspecified atom stereocenters. The van der Waals surface area contributed by atoms with E-state index < -0.39 is 6.04 Å². The molecule has 0 bridgehead atoms.